The lowest BCUT2D eigenvalue weighted by Crippen LogP contribution is -2.09. The van der Waals surface area contributed by atoms with Gasteiger partial charge in [0.25, 0.3) is 5.69 Å². The lowest BCUT2D eigenvalue weighted by Gasteiger charge is -2.10. The fraction of sp³-hybridized carbons (Fsp3) is 0.133. The first-order chi connectivity index (χ1) is 10.0. The molecule has 6 heteroatoms. The fourth-order valence-electron chi connectivity index (χ4n) is 1.96. The highest BCUT2D eigenvalue weighted by Crippen LogP contribution is 2.34. The van der Waals surface area contributed by atoms with Gasteiger partial charge in [-0.05, 0) is 17.2 Å². The topological polar surface area (TPSA) is 69.4 Å². The first-order valence-corrected chi connectivity index (χ1v) is 6.54. The van der Waals surface area contributed by atoms with Gasteiger partial charge in [0.05, 0.1) is 17.6 Å². The highest BCUT2D eigenvalue weighted by atomic mass is 35.5. The molecule has 0 aliphatic heterocycles. The number of carbonyl (C=O) groups is 1. The third-order valence-corrected chi connectivity index (χ3v) is 3.43. The van der Waals surface area contributed by atoms with Crippen LogP contribution in [-0.4, -0.2) is 18.0 Å². The molecule has 108 valence electrons. The average Bonchev–Trinajstić information content (AvgIpc) is 2.53. The van der Waals surface area contributed by atoms with E-state index >= 15 is 0 Å². The van der Waals surface area contributed by atoms with Crippen molar-refractivity contribution in [3.05, 3.63) is 64.2 Å². The van der Waals surface area contributed by atoms with E-state index in [1.54, 1.807) is 30.3 Å². The minimum absolute atomic E-state index is 0.0429. The molecule has 0 aliphatic rings. The van der Waals surface area contributed by atoms with Gasteiger partial charge in [0, 0.05) is 6.07 Å². The fourth-order valence-corrected chi connectivity index (χ4v) is 2.18. The molecule has 0 saturated heterocycles. The van der Waals surface area contributed by atoms with Crippen molar-refractivity contribution < 1.29 is 14.5 Å². The van der Waals surface area contributed by atoms with Crippen LogP contribution in [0.5, 0.6) is 0 Å². The summed E-state index contributed by atoms with van der Waals surface area (Å²) in [6.07, 6.45) is 0. The smallest absolute Gasteiger partial charge is 0.328 e. The molecule has 0 amide bonds. The van der Waals surface area contributed by atoms with Crippen LogP contribution in [0.25, 0.3) is 11.1 Å². The minimum Gasteiger partial charge on any atom is -0.468 e. The van der Waals surface area contributed by atoms with Crippen molar-refractivity contribution in [2.45, 2.75) is 5.38 Å². The highest BCUT2D eigenvalue weighted by Gasteiger charge is 2.22. The Labute approximate surface area is 126 Å². The molecule has 1 atom stereocenters. The van der Waals surface area contributed by atoms with Crippen molar-refractivity contribution in [2.75, 3.05) is 7.11 Å². The second kappa shape index (κ2) is 6.37. The Morgan fingerprint density at radius 3 is 2.48 bits per heavy atom. The first kappa shape index (κ1) is 15.0. The summed E-state index contributed by atoms with van der Waals surface area (Å²) in [6, 6.07) is 13.2. The zero-order valence-corrected chi connectivity index (χ0v) is 11.9. The molecule has 0 aliphatic carbocycles. The summed E-state index contributed by atoms with van der Waals surface area (Å²) in [5.41, 5.74) is 1.50. The normalized spacial score (nSPS) is 11.7. The van der Waals surface area contributed by atoms with Crippen LogP contribution in [0.2, 0.25) is 0 Å². The number of halogens is 1. The molecule has 0 heterocycles. The van der Waals surface area contributed by atoms with E-state index in [2.05, 4.69) is 4.74 Å². The Hall–Kier alpha value is -2.40. The number of hydrogen-bond donors (Lipinski definition) is 0. The quantitative estimate of drug-likeness (QED) is 0.373. The van der Waals surface area contributed by atoms with Crippen molar-refractivity contribution in [2.24, 2.45) is 0 Å². The summed E-state index contributed by atoms with van der Waals surface area (Å²) in [5.74, 6) is -0.607. The van der Waals surface area contributed by atoms with Crippen molar-refractivity contribution in [3.8, 4) is 11.1 Å². The lowest BCUT2D eigenvalue weighted by molar-refractivity contribution is -0.384. The Morgan fingerprint density at radius 2 is 1.90 bits per heavy atom. The Bertz CT molecular complexity index is 673. The van der Waals surface area contributed by atoms with Gasteiger partial charge in [0.15, 0.2) is 5.38 Å². The predicted octanol–water partition coefficient (Wildman–Crippen LogP) is 3.71. The van der Waals surface area contributed by atoms with Gasteiger partial charge in [-0.2, -0.15) is 0 Å². The number of methoxy groups -OCH3 is 1. The molecule has 0 aromatic heterocycles. The van der Waals surface area contributed by atoms with Crippen LogP contribution in [0.3, 0.4) is 0 Å². The first-order valence-electron chi connectivity index (χ1n) is 6.10. The molecule has 0 radical (unpaired) electrons. The molecule has 0 N–H and O–H groups in total. The number of benzene rings is 2. The highest BCUT2D eigenvalue weighted by molar-refractivity contribution is 6.30. The summed E-state index contributed by atoms with van der Waals surface area (Å²) in [5, 5.41) is 10.1. The zero-order valence-electron chi connectivity index (χ0n) is 11.2. The standard InChI is InChI=1S/C15H12ClNO4/c1-21-15(18)14(16)11-7-8-13(17(19)20)12(9-11)10-5-3-2-4-6-10/h2-9,14H,1H3. The number of nitro groups is 1. The molecule has 21 heavy (non-hydrogen) atoms. The maximum absolute atomic E-state index is 11.5. The molecule has 0 saturated carbocycles. The number of hydrogen-bond acceptors (Lipinski definition) is 4. The van der Waals surface area contributed by atoms with Gasteiger partial charge in [0.2, 0.25) is 0 Å². The molecular weight excluding hydrogens is 294 g/mol. The molecule has 5 nitrogen and oxygen atoms in total. The summed E-state index contributed by atoms with van der Waals surface area (Å²) in [7, 11) is 1.24. The summed E-state index contributed by atoms with van der Waals surface area (Å²) in [6.45, 7) is 0. The third-order valence-electron chi connectivity index (χ3n) is 3.00. The van der Waals surface area contributed by atoms with Gasteiger partial charge < -0.3 is 4.74 Å². The van der Waals surface area contributed by atoms with Crippen LogP contribution < -0.4 is 0 Å². The maximum Gasteiger partial charge on any atom is 0.328 e. The van der Waals surface area contributed by atoms with Gasteiger partial charge in [0.1, 0.15) is 0 Å². The molecule has 1 unspecified atom stereocenters. The van der Waals surface area contributed by atoms with E-state index in [0.29, 0.717) is 16.7 Å². The monoisotopic (exact) mass is 305 g/mol. The van der Waals surface area contributed by atoms with Crippen molar-refractivity contribution in [1.82, 2.24) is 0 Å². The maximum atomic E-state index is 11.5. The van der Waals surface area contributed by atoms with Crippen LogP contribution in [0.1, 0.15) is 10.9 Å². The molecule has 2 rings (SSSR count). The molecule has 2 aromatic carbocycles. The molecule has 0 fully saturated rings. The van der Waals surface area contributed by atoms with Gasteiger partial charge in [-0.1, -0.05) is 36.4 Å². The third kappa shape index (κ3) is 3.20. The van der Waals surface area contributed by atoms with Crippen LogP contribution in [0.15, 0.2) is 48.5 Å². The Balaban J connectivity index is 2.55. The van der Waals surface area contributed by atoms with Crippen molar-refractivity contribution >= 4 is 23.3 Å². The zero-order chi connectivity index (χ0) is 15.4. The number of esters is 1. The Kier molecular flexibility index (Phi) is 4.55. The summed E-state index contributed by atoms with van der Waals surface area (Å²) in [4.78, 5) is 22.2. The molecule has 0 bridgehead atoms. The van der Waals surface area contributed by atoms with E-state index in [-0.39, 0.29) is 5.69 Å². The lowest BCUT2D eigenvalue weighted by atomic mass is 9.99. The summed E-state index contributed by atoms with van der Waals surface area (Å²) >= 11 is 6.00. The van der Waals surface area contributed by atoms with E-state index in [0.717, 1.165) is 0 Å². The van der Waals surface area contributed by atoms with E-state index in [4.69, 9.17) is 11.6 Å². The number of carbonyl (C=O) groups excluding carboxylic acids is 1. The molecular formula is C15H12ClNO4. The van der Waals surface area contributed by atoms with Crippen LogP contribution in [-0.2, 0) is 9.53 Å². The SMILES string of the molecule is COC(=O)C(Cl)c1ccc([N+](=O)[O-])c(-c2ccccc2)c1. The van der Waals surface area contributed by atoms with Gasteiger partial charge in [-0.15, -0.1) is 11.6 Å². The second-order valence-electron chi connectivity index (χ2n) is 4.29. The van der Waals surface area contributed by atoms with Gasteiger partial charge >= 0.3 is 5.97 Å². The van der Waals surface area contributed by atoms with Crippen LogP contribution >= 0.6 is 11.6 Å². The van der Waals surface area contributed by atoms with Crippen molar-refractivity contribution in [3.63, 3.8) is 0 Å². The van der Waals surface area contributed by atoms with E-state index in [1.165, 1.54) is 19.2 Å². The van der Waals surface area contributed by atoms with Crippen molar-refractivity contribution in [1.29, 1.82) is 0 Å². The minimum atomic E-state index is -1.00. The predicted molar refractivity (Wildman–Crippen MR) is 79.1 cm³/mol. The van der Waals surface area contributed by atoms with Crippen LogP contribution in [0, 0.1) is 10.1 Å². The van der Waals surface area contributed by atoms with E-state index in [9.17, 15) is 14.9 Å². The second-order valence-corrected chi connectivity index (χ2v) is 4.72. The average molecular weight is 306 g/mol. The molecule has 2 aromatic rings. The largest absolute Gasteiger partial charge is 0.468 e. The van der Waals surface area contributed by atoms with Crippen LogP contribution in [0.4, 0.5) is 5.69 Å². The van der Waals surface area contributed by atoms with Gasteiger partial charge in [-0.25, -0.2) is 0 Å². The van der Waals surface area contributed by atoms with Gasteiger partial charge in [-0.3, -0.25) is 14.9 Å². The summed E-state index contributed by atoms with van der Waals surface area (Å²) < 4.78 is 4.58. The number of ether oxygens (including phenoxy) is 1. The molecule has 0 spiro atoms. The number of nitro benzene ring substituents is 1. The number of rotatable bonds is 4. The number of alkyl halides is 1. The number of nitrogens with zero attached hydrogens (tertiary/aromatic N) is 1. The Morgan fingerprint density at radius 1 is 1.24 bits per heavy atom. The van der Waals surface area contributed by atoms with E-state index in [1.807, 2.05) is 6.07 Å². The van der Waals surface area contributed by atoms with E-state index < -0.39 is 16.3 Å².